The summed E-state index contributed by atoms with van der Waals surface area (Å²) in [5.41, 5.74) is 4.74. The minimum absolute atomic E-state index is 0.148. The molecule has 3 rings (SSSR count). The molecule has 3 aromatic rings. The lowest BCUT2D eigenvalue weighted by Crippen LogP contribution is -2.24. The van der Waals surface area contributed by atoms with Crippen LogP contribution < -0.4 is 19.6 Å². The molecule has 7 heteroatoms. The van der Waals surface area contributed by atoms with Crippen LogP contribution in [0.3, 0.4) is 0 Å². The van der Waals surface area contributed by atoms with Crippen molar-refractivity contribution in [3.05, 3.63) is 89.5 Å². The number of hydrazone groups is 1. The van der Waals surface area contributed by atoms with Crippen LogP contribution >= 0.6 is 0 Å². The van der Waals surface area contributed by atoms with Crippen LogP contribution in [-0.2, 0) is 11.2 Å². The number of esters is 1. The molecule has 0 radical (unpaired) electrons. The van der Waals surface area contributed by atoms with Gasteiger partial charge in [0.1, 0.15) is 17.2 Å². The summed E-state index contributed by atoms with van der Waals surface area (Å²) in [6.07, 6.45) is 4.80. The van der Waals surface area contributed by atoms with Gasteiger partial charge in [0.05, 0.1) is 18.9 Å². The second-order valence-corrected chi connectivity index (χ2v) is 7.52. The molecule has 34 heavy (non-hydrogen) atoms. The fourth-order valence-electron chi connectivity index (χ4n) is 3.04. The number of ether oxygens (including phenoxy) is 3. The maximum atomic E-state index is 12.3. The Bertz CT molecular complexity index is 1110. The third-order valence-corrected chi connectivity index (χ3v) is 4.91. The Balaban J connectivity index is 1.46. The largest absolute Gasteiger partial charge is 0.497 e. The zero-order chi connectivity index (χ0) is 24.2. The topological polar surface area (TPSA) is 86.2 Å². The maximum absolute atomic E-state index is 12.3. The molecule has 7 nitrogen and oxygen atoms in total. The SMILES string of the molecule is CCCCc1ccc(OCC(=O)N/N=C\c2cccc(OC(=O)c3ccc(OC)cc3)c2)cc1. The van der Waals surface area contributed by atoms with E-state index in [2.05, 4.69) is 17.5 Å². The molecular weight excluding hydrogens is 432 g/mol. The highest BCUT2D eigenvalue weighted by atomic mass is 16.5. The van der Waals surface area contributed by atoms with Gasteiger partial charge in [0.25, 0.3) is 5.91 Å². The van der Waals surface area contributed by atoms with Gasteiger partial charge < -0.3 is 14.2 Å². The molecule has 0 aliphatic carbocycles. The van der Waals surface area contributed by atoms with E-state index in [0.29, 0.717) is 28.4 Å². The van der Waals surface area contributed by atoms with Gasteiger partial charge in [-0.2, -0.15) is 5.10 Å². The lowest BCUT2D eigenvalue weighted by molar-refractivity contribution is -0.123. The number of methoxy groups -OCH3 is 1. The molecule has 0 saturated carbocycles. The van der Waals surface area contributed by atoms with Crippen LogP contribution in [0, 0.1) is 0 Å². The van der Waals surface area contributed by atoms with Gasteiger partial charge in [0, 0.05) is 0 Å². The van der Waals surface area contributed by atoms with E-state index >= 15 is 0 Å². The lowest BCUT2D eigenvalue weighted by Gasteiger charge is -2.07. The summed E-state index contributed by atoms with van der Waals surface area (Å²) in [4.78, 5) is 24.3. The minimum Gasteiger partial charge on any atom is -0.497 e. The lowest BCUT2D eigenvalue weighted by atomic mass is 10.1. The van der Waals surface area contributed by atoms with E-state index in [9.17, 15) is 9.59 Å². The van der Waals surface area contributed by atoms with Crippen LogP contribution in [0.1, 0.15) is 41.3 Å². The van der Waals surface area contributed by atoms with Crippen LogP contribution in [0.2, 0.25) is 0 Å². The van der Waals surface area contributed by atoms with Crippen molar-refractivity contribution in [2.75, 3.05) is 13.7 Å². The number of aryl methyl sites for hydroxylation is 1. The average Bonchev–Trinajstić information content (AvgIpc) is 2.87. The van der Waals surface area contributed by atoms with Crippen LogP contribution in [0.15, 0.2) is 77.9 Å². The molecule has 3 aromatic carbocycles. The molecule has 0 heterocycles. The molecule has 0 aliphatic rings. The van der Waals surface area contributed by atoms with Crippen molar-refractivity contribution in [3.63, 3.8) is 0 Å². The fourth-order valence-corrected chi connectivity index (χ4v) is 3.04. The Kier molecular flexibility index (Phi) is 9.22. The van der Waals surface area contributed by atoms with Gasteiger partial charge >= 0.3 is 5.97 Å². The normalized spacial score (nSPS) is 10.6. The van der Waals surface area contributed by atoms with Crippen LogP contribution in [0.4, 0.5) is 0 Å². The van der Waals surface area contributed by atoms with E-state index < -0.39 is 5.97 Å². The van der Waals surface area contributed by atoms with Crippen LogP contribution in [0.25, 0.3) is 0 Å². The van der Waals surface area contributed by atoms with E-state index in [1.165, 1.54) is 11.8 Å². The van der Waals surface area contributed by atoms with Gasteiger partial charge in [0.15, 0.2) is 6.61 Å². The first kappa shape index (κ1) is 24.5. The minimum atomic E-state index is -0.486. The first-order valence-electron chi connectivity index (χ1n) is 11.1. The smallest absolute Gasteiger partial charge is 0.343 e. The van der Waals surface area contributed by atoms with Crippen molar-refractivity contribution in [2.24, 2.45) is 5.10 Å². The summed E-state index contributed by atoms with van der Waals surface area (Å²) in [6.45, 7) is 2.01. The summed E-state index contributed by atoms with van der Waals surface area (Å²) in [5.74, 6) is 0.782. The summed E-state index contributed by atoms with van der Waals surface area (Å²) in [6, 6.07) is 21.2. The number of carbonyl (C=O) groups excluding carboxylic acids is 2. The molecule has 0 bridgehead atoms. The summed E-state index contributed by atoms with van der Waals surface area (Å²) < 4.78 is 16.0. The Morgan fingerprint density at radius 3 is 2.38 bits per heavy atom. The maximum Gasteiger partial charge on any atom is 0.343 e. The van der Waals surface area contributed by atoms with Crippen LogP contribution in [0.5, 0.6) is 17.2 Å². The number of hydrogen-bond donors (Lipinski definition) is 1. The van der Waals surface area contributed by atoms with Crippen LogP contribution in [-0.4, -0.2) is 31.8 Å². The van der Waals surface area contributed by atoms with Crippen molar-refractivity contribution in [1.82, 2.24) is 5.43 Å². The summed E-state index contributed by atoms with van der Waals surface area (Å²) in [7, 11) is 1.56. The zero-order valence-electron chi connectivity index (χ0n) is 19.3. The molecule has 0 aliphatic heterocycles. The molecule has 0 atom stereocenters. The Morgan fingerprint density at radius 1 is 0.941 bits per heavy atom. The Morgan fingerprint density at radius 2 is 1.68 bits per heavy atom. The third-order valence-electron chi connectivity index (χ3n) is 4.91. The second kappa shape index (κ2) is 12.8. The fraction of sp³-hybridized carbons (Fsp3) is 0.222. The van der Waals surface area contributed by atoms with Crippen molar-refractivity contribution in [2.45, 2.75) is 26.2 Å². The highest BCUT2D eigenvalue weighted by Gasteiger charge is 2.09. The first-order chi connectivity index (χ1) is 16.6. The summed E-state index contributed by atoms with van der Waals surface area (Å²) in [5, 5.41) is 3.94. The third kappa shape index (κ3) is 7.78. The molecule has 1 N–H and O–H groups in total. The number of unbranched alkanes of at least 4 members (excludes halogenated alkanes) is 1. The van der Waals surface area contributed by atoms with Gasteiger partial charge in [-0.15, -0.1) is 0 Å². The highest BCUT2D eigenvalue weighted by molar-refractivity contribution is 5.91. The van der Waals surface area contributed by atoms with Gasteiger partial charge in [-0.1, -0.05) is 37.6 Å². The highest BCUT2D eigenvalue weighted by Crippen LogP contribution is 2.17. The molecule has 0 fully saturated rings. The number of carbonyl (C=O) groups is 2. The van der Waals surface area contributed by atoms with E-state index in [0.717, 1.165) is 19.3 Å². The monoisotopic (exact) mass is 460 g/mol. The molecule has 0 saturated heterocycles. The van der Waals surface area contributed by atoms with Crippen molar-refractivity contribution in [1.29, 1.82) is 0 Å². The number of nitrogens with one attached hydrogen (secondary N) is 1. The second-order valence-electron chi connectivity index (χ2n) is 7.52. The quantitative estimate of drug-likeness (QED) is 0.193. The number of benzene rings is 3. The van der Waals surface area contributed by atoms with Crippen molar-refractivity contribution < 1.29 is 23.8 Å². The van der Waals surface area contributed by atoms with Gasteiger partial charge in [0.2, 0.25) is 0 Å². The van der Waals surface area contributed by atoms with E-state index in [-0.39, 0.29) is 12.5 Å². The van der Waals surface area contributed by atoms with Gasteiger partial charge in [-0.05, 0) is 72.5 Å². The Labute approximate surface area is 199 Å². The van der Waals surface area contributed by atoms with Gasteiger partial charge in [-0.25, -0.2) is 10.2 Å². The molecule has 176 valence electrons. The predicted molar refractivity (Wildman–Crippen MR) is 131 cm³/mol. The number of rotatable bonds is 11. The molecule has 0 aromatic heterocycles. The van der Waals surface area contributed by atoms with E-state index in [1.807, 2.05) is 24.3 Å². The van der Waals surface area contributed by atoms with Crippen molar-refractivity contribution >= 4 is 18.1 Å². The molecule has 1 amide bonds. The molecule has 0 spiro atoms. The molecule has 0 unspecified atom stereocenters. The van der Waals surface area contributed by atoms with E-state index in [1.54, 1.807) is 55.6 Å². The van der Waals surface area contributed by atoms with E-state index in [4.69, 9.17) is 14.2 Å². The van der Waals surface area contributed by atoms with Gasteiger partial charge in [-0.3, -0.25) is 4.79 Å². The number of nitrogens with zero attached hydrogens (tertiary/aromatic N) is 1. The molecular formula is C27H28N2O5. The number of hydrogen-bond acceptors (Lipinski definition) is 6. The first-order valence-corrected chi connectivity index (χ1v) is 11.1. The Hall–Kier alpha value is -4.13. The zero-order valence-corrected chi connectivity index (χ0v) is 19.3. The predicted octanol–water partition coefficient (Wildman–Crippen LogP) is 4.79. The summed E-state index contributed by atoms with van der Waals surface area (Å²) >= 11 is 0. The van der Waals surface area contributed by atoms with Crippen molar-refractivity contribution in [3.8, 4) is 17.2 Å². The standard InChI is InChI=1S/C27H28N2O5/c1-3-4-6-20-9-13-24(14-10-20)33-19-26(30)29-28-18-21-7-5-8-25(17-21)34-27(31)22-11-15-23(32-2)16-12-22/h5,7-18H,3-4,6,19H2,1-2H3,(H,29,30)/b28-18-. The average molecular weight is 461 g/mol. The number of amides is 1.